The van der Waals surface area contributed by atoms with Crippen molar-refractivity contribution < 1.29 is 0 Å². The molecule has 1 unspecified atom stereocenters. The van der Waals surface area contributed by atoms with E-state index in [2.05, 4.69) is 55.5 Å². The maximum Gasteiger partial charge on any atom is 0.0451 e. The van der Waals surface area contributed by atoms with E-state index in [0.717, 1.165) is 48.4 Å². The fourth-order valence-corrected chi connectivity index (χ4v) is 5.07. The summed E-state index contributed by atoms with van der Waals surface area (Å²) in [5, 5.41) is 0. The second kappa shape index (κ2) is 10.6. The number of benzene rings is 4. The molecule has 4 heteroatoms. The standard InChI is InChI=1S/C31H36N4/c1-22(23-5-13-27(32)14-6-23)4-2-3-21-31(24-7-15-28(33)16-8-24,25-9-17-29(34)18-10-25)26-11-19-30(35)20-12-26/h5-20,22H,2-4,21,32-35H2,1H3. The maximum atomic E-state index is 6.07. The second-order valence-corrected chi connectivity index (χ2v) is 9.58. The van der Waals surface area contributed by atoms with Gasteiger partial charge in [0.1, 0.15) is 0 Å². The Kier molecular flexibility index (Phi) is 7.31. The van der Waals surface area contributed by atoms with Crippen LogP contribution in [0.1, 0.15) is 60.8 Å². The molecule has 4 rings (SSSR count). The van der Waals surface area contributed by atoms with Crippen molar-refractivity contribution >= 4 is 22.7 Å². The molecular weight excluding hydrogens is 428 g/mol. The summed E-state index contributed by atoms with van der Waals surface area (Å²) >= 11 is 0. The summed E-state index contributed by atoms with van der Waals surface area (Å²) < 4.78 is 0. The average molecular weight is 465 g/mol. The van der Waals surface area contributed by atoms with Gasteiger partial charge in [0.2, 0.25) is 0 Å². The van der Waals surface area contributed by atoms with Crippen molar-refractivity contribution in [1.29, 1.82) is 0 Å². The smallest absolute Gasteiger partial charge is 0.0451 e. The average Bonchev–Trinajstić information content (AvgIpc) is 2.86. The minimum Gasteiger partial charge on any atom is -0.399 e. The number of hydrogen-bond acceptors (Lipinski definition) is 4. The Hall–Kier alpha value is -3.92. The van der Waals surface area contributed by atoms with Crippen LogP contribution < -0.4 is 22.9 Å². The highest BCUT2D eigenvalue weighted by atomic mass is 14.6. The minimum atomic E-state index is -0.334. The molecule has 4 nitrogen and oxygen atoms in total. The molecule has 0 saturated carbocycles. The van der Waals surface area contributed by atoms with Gasteiger partial charge in [-0.1, -0.05) is 68.3 Å². The van der Waals surface area contributed by atoms with E-state index in [1.807, 2.05) is 48.5 Å². The summed E-state index contributed by atoms with van der Waals surface area (Å²) in [6, 6.07) is 33.1. The Labute approximate surface area is 209 Å². The van der Waals surface area contributed by atoms with E-state index >= 15 is 0 Å². The Bertz CT molecular complexity index is 1100. The first-order valence-corrected chi connectivity index (χ1v) is 12.3. The molecule has 8 N–H and O–H groups in total. The lowest BCUT2D eigenvalue weighted by Gasteiger charge is -2.36. The van der Waals surface area contributed by atoms with Crippen LogP contribution >= 0.6 is 0 Å². The topological polar surface area (TPSA) is 104 Å². The zero-order chi connectivity index (χ0) is 24.8. The van der Waals surface area contributed by atoms with E-state index in [1.54, 1.807) is 0 Å². The zero-order valence-electron chi connectivity index (χ0n) is 20.5. The maximum absolute atomic E-state index is 6.07. The van der Waals surface area contributed by atoms with Crippen LogP contribution in [-0.2, 0) is 5.41 Å². The Balaban J connectivity index is 1.67. The van der Waals surface area contributed by atoms with Crippen LogP contribution in [0.15, 0.2) is 97.1 Å². The summed E-state index contributed by atoms with van der Waals surface area (Å²) in [5.41, 5.74) is 31.8. The van der Waals surface area contributed by atoms with Gasteiger partial charge in [-0.05, 0) is 89.5 Å². The van der Waals surface area contributed by atoms with Crippen molar-refractivity contribution in [2.45, 2.75) is 43.9 Å². The van der Waals surface area contributed by atoms with Gasteiger partial charge < -0.3 is 22.9 Å². The molecule has 4 aromatic carbocycles. The van der Waals surface area contributed by atoms with E-state index < -0.39 is 0 Å². The molecule has 0 bridgehead atoms. The molecule has 1 atom stereocenters. The third-order valence-electron chi connectivity index (χ3n) is 7.15. The van der Waals surface area contributed by atoms with Gasteiger partial charge >= 0.3 is 0 Å². The molecular formula is C31H36N4. The van der Waals surface area contributed by atoms with Crippen LogP contribution in [-0.4, -0.2) is 0 Å². The molecule has 4 aromatic rings. The summed E-state index contributed by atoms with van der Waals surface area (Å²) in [6.07, 6.45) is 4.26. The fraction of sp³-hybridized carbons (Fsp3) is 0.226. The second-order valence-electron chi connectivity index (χ2n) is 9.58. The number of nitrogens with two attached hydrogens (primary N) is 4. The van der Waals surface area contributed by atoms with Crippen LogP contribution in [0.4, 0.5) is 22.7 Å². The summed E-state index contributed by atoms with van der Waals surface area (Å²) in [4.78, 5) is 0. The lowest BCUT2D eigenvalue weighted by atomic mass is 9.66. The lowest BCUT2D eigenvalue weighted by molar-refractivity contribution is 0.495. The van der Waals surface area contributed by atoms with Crippen molar-refractivity contribution in [3.63, 3.8) is 0 Å². The molecule has 180 valence electrons. The first kappa shape index (κ1) is 24.2. The van der Waals surface area contributed by atoms with E-state index in [1.165, 1.54) is 22.3 Å². The molecule has 0 heterocycles. The quantitative estimate of drug-likeness (QED) is 0.125. The molecule has 0 spiro atoms. The van der Waals surface area contributed by atoms with Crippen molar-refractivity contribution in [2.24, 2.45) is 0 Å². The normalized spacial score (nSPS) is 12.4. The Morgan fingerprint density at radius 2 is 0.857 bits per heavy atom. The van der Waals surface area contributed by atoms with Gasteiger partial charge in [0, 0.05) is 28.2 Å². The monoisotopic (exact) mass is 464 g/mol. The highest BCUT2D eigenvalue weighted by Gasteiger charge is 2.36. The molecule has 0 aromatic heterocycles. The van der Waals surface area contributed by atoms with E-state index in [4.69, 9.17) is 22.9 Å². The van der Waals surface area contributed by atoms with Gasteiger partial charge in [0.15, 0.2) is 0 Å². The first-order valence-electron chi connectivity index (χ1n) is 12.3. The Morgan fingerprint density at radius 3 is 1.23 bits per heavy atom. The predicted molar refractivity (Wildman–Crippen MR) is 150 cm³/mol. The van der Waals surface area contributed by atoms with Crippen LogP contribution in [0, 0.1) is 0 Å². The number of anilines is 4. The van der Waals surface area contributed by atoms with E-state index in [9.17, 15) is 0 Å². The summed E-state index contributed by atoms with van der Waals surface area (Å²) in [6.45, 7) is 2.29. The first-order chi connectivity index (χ1) is 16.9. The van der Waals surface area contributed by atoms with Crippen LogP contribution in [0.3, 0.4) is 0 Å². The molecule has 0 saturated heterocycles. The van der Waals surface area contributed by atoms with Gasteiger partial charge in [-0.25, -0.2) is 0 Å². The Morgan fingerprint density at radius 1 is 0.514 bits per heavy atom. The van der Waals surface area contributed by atoms with Gasteiger partial charge in [-0.3, -0.25) is 0 Å². The number of rotatable bonds is 9. The molecule has 0 radical (unpaired) electrons. The lowest BCUT2D eigenvalue weighted by Crippen LogP contribution is -2.29. The number of nitrogen functional groups attached to an aromatic ring is 4. The van der Waals surface area contributed by atoms with Crippen molar-refractivity contribution in [2.75, 3.05) is 22.9 Å². The third kappa shape index (κ3) is 5.43. The molecule has 0 aliphatic heterocycles. The van der Waals surface area contributed by atoms with Crippen molar-refractivity contribution in [1.82, 2.24) is 0 Å². The van der Waals surface area contributed by atoms with Gasteiger partial charge in [-0.2, -0.15) is 0 Å². The number of hydrogen-bond donors (Lipinski definition) is 4. The zero-order valence-corrected chi connectivity index (χ0v) is 20.5. The largest absolute Gasteiger partial charge is 0.399 e. The highest BCUT2D eigenvalue weighted by Crippen LogP contribution is 2.44. The third-order valence-corrected chi connectivity index (χ3v) is 7.15. The van der Waals surface area contributed by atoms with Crippen molar-refractivity contribution in [3.05, 3.63) is 119 Å². The molecule has 35 heavy (non-hydrogen) atoms. The van der Waals surface area contributed by atoms with E-state index in [-0.39, 0.29) is 5.41 Å². The molecule has 0 aliphatic carbocycles. The van der Waals surface area contributed by atoms with E-state index in [0.29, 0.717) is 5.92 Å². The number of unbranched alkanes of at least 4 members (excludes halogenated alkanes) is 1. The highest BCUT2D eigenvalue weighted by molar-refractivity contribution is 5.56. The summed E-state index contributed by atoms with van der Waals surface area (Å²) in [5.74, 6) is 0.481. The van der Waals surface area contributed by atoms with Crippen LogP contribution in [0.5, 0.6) is 0 Å². The fourth-order valence-electron chi connectivity index (χ4n) is 5.07. The molecule has 0 amide bonds. The van der Waals surface area contributed by atoms with Crippen LogP contribution in [0.25, 0.3) is 0 Å². The summed E-state index contributed by atoms with van der Waals surface area (Å²) in [7, 11) is 0. The minimum absolute atomic E-state index is 0.334. The van der Waals surface area contributed by atoms with Gasteiger partial charge in [0.05, 0.1) is 0 Å². The molecule has 0 fully saturated rings. The SMILES string of the molecule is CC(CCCCC(c1ccc(N)cc1)(c1ccc(N)cc1)c1ccc(N)cc1)c1ccc(N)cc1. The predicted octanol–water partition coefficient (Wildman–Crippen LogP) is 6.71. The van der Waals surface area contributed by atoms with Crippen LogP contribution in [0.2, 0.25) is 0 Å². The van der Waals surface area contributed by atoms with Gasteiger partial charge in [0.25, 0.3) is 0 Å². The van der Waals surface area contributed by atoms with Gasteiger partial charge in [-0.15, -0.1) is 0 Å². The van der Waals surface area contributed by atoms with Crippen molar-refractivity contribution in [3.8, 4) is 0 Å². The molecule has 0 aliphatic rings.